The van der Waals surface area contributed by atoms with E-state index >= 15 is 0 Å². The van der Waals surface area contributed by atoms with Crippen LogP contribution in [-0.2, 0) is 4.74 Å². The van der Waals surface area contributed by atoms with Crippen LogP contribution in [0.5, 0.6) is 0 Å². The summed E-state index contributed by atoms with van der Waals surface area (Å²) in [6.07, 6.45) is 0.755. The fourth-order valence-corrected chi connectivity index (χ4v) is 0.913. The van der Waals surface area contributed by atoms with Crippen molar-refractivity contribution in [3.05, 3.63) is 35.4 Å². The molecule has 0 bridgehead atoms. The van der Waals surface area contributed by atoms with Gasteiger partial charge in [-0.3, -0.25) is 10.8 Å². The predicted molar refractivity (Wildman–Crippen MR) is 47.9 cm³/mol. The second-order valence-corrected chi connectivity index (χ2v) is 2.43. The lowest BCUT2D eigenvalue weighted by molar-refractivity contribution is 0.561. The van der Waals surface area contributed by atoms with Crippen LogP contribution in [0.3, 0.4) is 0 Å². The van der Waals surface area contributed by atoms with E-state index in [9.17, 15) is 0 Å². The molecule has 0 aromatic heterocycles. The largest absolute Gasteiger partial charge is 0.428 e. The molecule has 0 fully saturated rings. The minimum Gasteiger partial charge on any atom is -0.428 e. The van der Waals surface area contributed by atoms with E-state index in [-0.39, 0.29) is 5.90 Å². The Kier molecular flexibility index (Phi) is 2.58. The minimum atomic E-state index is 0.00806. The van der Waals surface area contributed by atoms with Gasteiger partial charge in [0.1, 0.15) is 0 Å². The van der Waals surface area contributed by atoms with Crippen LogP contribution >= 0.6 is 0 Å². The van der Waals surface area contributed by atoms with Crippen LogP contribution in [0, 0.1) is 17.7 Å². The summed E-state index contributed by atoms with van der Waals surface area (Å²) in [7, 11) is 0. The first-order valence-electron chi connectivity index (χ1n) is 3.55. The molecule has 12 heavy (non-hydrogen) atoms. The molecule has 2 N–H and O–H groups in total. The van der Waals surface area contributed by atoms with Crippen LogP contribution in [0.2, 0.25) is 0 Å². The average molecular weight is 162 g/mol. The highest BCUT2D eigenvalue weighted by molar-refractivity contribution is 5.95. The summed E-state index contributed by atoms with van der Waals surface area (Å²) in [5.74, 6) is 0.00806. The SMILES string of the molecule is Cc1cccc(C(=N)OC=N)c1. The highest BCUT2D eigenvalue weighted by atomic mass is 16.5. The number of benzene rings is 1. The van der Waals surface area contributed by atoms with E-state index in [2.05, 4.69) is 4.74 Å². The Hall–Kier alpha value is -1.64. The van der Waals surface area contributed by atoms with Gasteiger partial charge in [-0.1, -0.05) is 17.7 Å². The van der Waals surface area contributed by atoms with E-state index < -0.39 is 0 Å². The van der Waals surface area contributed by atoms with Crippen molar-refractivity contribution < 1.29 is 4.74 Å². The third-order valence-corrected chi connectivity index (χ3v) is 1.46. The van der Waals surface area contributed by atoms with E-state index in [4.69, 9.17) is 10.8 Å². The first-order valence-corrected chi connectivity index (χ1v) is 3.55. The van der Waals surface area contributed by atoms with E-state index in [1.54, 1.807) is 6.07 Å². The molecule has 0 atom stereocenters. The van der Waals surface area contributed by atoms with E-state index in [1.165, 1.54) is 0 Å². The maximum Gasteiger partial charge on any atom is 0.220 e. The molecule has 0 aliphatic rings. The van der Waals surface area contributed by atoms with Gasteiger partial charge in [-0.2, -0.15) is 0 Å². The van der Waals surface area contributed by atoms with Crippen molar-refractivity contribution in [2.45, 2.75) is 6.92 Å². The number of hydrogen-bond acceptors (Lipinski definition) is 3. The highest BCUT2D eigenvalue weighted by Crippen LogP contribution is 2.04. The molecule has 0 saturated heterocycles. The fourth-order valence-electron chi connectivity index (χ4n) is 0.913. The molecule has 0 saturated carbocycles. The third-order valence-electron chi connectivity index (χ3n) is 1.46. The number of aryl methyl sites for hydroxylation is 1. The Labute approximate surface area is 71.0 Å². The van der Waals surface area contributed by atoms with Gasteiger partial charge in [-0.15, -0.1) is 0 Å². The second kappa shape index (κ2) is 3.67. The maximum absolute atomic E-state index is 7.35. The van der Waals surface area contributed by atoms with Gasteiger partial charge >= 0.3 is 0 Å². The Balaban J connectivity index is 2.87. The highest BCUT2D eigenvalue weighted by Gasteiger charge is 1.99. The first-order chi connectivity index (χ1) is 5.74. The second-order valence-electron chi connectivity index (χ2n) is 2.43. The van der Waals surface area contributed by atoms with Crippen molar-refractivity contribution in [1.82, 2.24) is 0 Å². The smallest absolute Gasteiger partial charge is 0.220 e. The normalized spacial score (nSPS) is 9.08. The Morgan fingerprint density at radius 3 is 2.83 bits per heavy atom. The quantitative estimate of drug-likeness (QED) is 0.506. The van der Waals surface area contributed by atoms with Crippen LogP contribution in [0.1, 0.15) is 11.1 Å². The summed E-state index contributed by atoms with van der Waals surface area (Å²) in [6, 6.07) is 7.42. The molecule has 0 radical (unpaired) electrons. The van der Waals surface area contributed by atoms with Gasteiger partial charge < -0.3 is 4.74 Å². The molecule has 0 unspecified atom stereocenters. The molecule has 0 aliphatic carbocycles. The number of nitrogens with one attached hydrogen (secondary N) is 2. The molecule has 3 nitrogen and oxygen atoms in total. The lowest BCUT2D eigenvalue weighted by Crippen LogP contribution is -2.02. The monoisotopic (exact) mass is 162 g/mol. The number of ether oxygens (including phenoxy) is 1. The Morgan fingerprint density at radius 1 is 1.50 bits per heavy atom. The van der Waals surface area contributed by atoms with Crippen molar-refractivity contribution in [3.8, 4) is 0 Å². The standard InChI is InChI=1S/C9H10N2O/c1-7-3-2-4-8(5-7)9(11)12-6-10/h2-6,10-11H,1H3. The third kappa shape index (κ3) is 1.92. The van der Waals surface area contributed by atoms with E-state index in [0.29, 0.717) is 5.56 Å². The lowest BCUT2D eigenvalue weighted by atomic mass is 10.1. The zero-order chi connectivity index (χ0) is 8.97. The molecule has 0 heterocycles. The summed E-state index contributed by atoms with van der Waals surface area (Å²) in [5.41, 5.74) is 1.77. The zero-order valence-corrected chi connectivity index (χ0v) is 6.79. The lowest BCUT2D eigenvalue weighted by Gasteiger charge is -2.01. The summed E-state index contributed by atoms with van der Waals surface area (Å²) in [4.78, 5) is 0. The molecule has 0 aliphatic heterocycles. The molecule has 62 valence electrons. The van der Waals surface area contributed by atoms with Crippen LogP contribution in [0.25, 0.3) is 0 Å². The Morgan fingerprint density at radius 2 is 2.25 bits per heavy atom. The molecule has 1 rings (SSSR count). The zero-order valence-electron chi connectivity index (χ0n) is 6.79. The summed E-state index contributed by atoms with van der Waals surface area (Å²) in [6.45, 7) is 1.95. The van der Waals surface area contributed by atoms with Crippen molar-refractivity contribution >= 4 is 12.3 Å². The van der Waals surface area contributed by atoms with E-state index in [0.717, 1.165) is 12.0 Å². The van der Waals surface area contributed by atoms with Crippen LogP contribution < -0.4 is 0 Å². The van der Waals surface area contributed by atoms with Gasteiger partial charge in [0, 0.05) is 5.56 Å². The first kappa shape index (κ1) is 8.46. The van der Waals surface area contributed by atoms with Crippen molar-refractivity contribution in [3.63, 3.8) is 0 Å². The average Bonchev–Trinajstić information content (AvgIpc) is 2.05. The molecule has 0 amide bonds. The van der Waals surface area contributed by atoms with Gasteiger partial charge in [0.05, 0.1) is 0 Å². The van der Waals surface area contributed by atoms with E-state index in [1.807, 2.05) is 25.1 Å². The van der Waals surface area contributed by atoms with Gasteiger partial charge in [0.25, 0.3) is 0 Å². The van der Waals surface area contributed by atoms with Crippen LogP contribution in [-0.4, -0.2) is 12.3 Å². The number of rotatable bonds is 2. The van der Waals surface area contributed by atoms with Crippen molar-refractivity contribution in [1.29, 1.82) is 10.8 Å². The molecule has 1 aromatic rings. The van der Waals surface area contributed by atoms with Gasteiger partial charge in [0.15, 0.2) is 6.40 Å². The summed E-state index contributed by atoms with van der Waals surface area (Å²) >= 11 is 0. The summed E-state index contributed by atoms with van der Waals surface area (Å²) < 4.78 is 4.61. The number of hydrogen-bond donors (Lipinski definition) is 2. The molecule has 0 spiro atoms. The molecular weight excluding hydrogens is 152 g/mol. The Bertz CT molecular complexity index is 307. The van der Waals surface area contributed by atoms with Gasteiger partial charge in [-0.25, -0.2) is 0 Å². The molecular formula is C9H10N2O. The predicted octanol–water partition coefficient (Wildman–Crippen LogP) is 1.94. The molecule has 3 heteroatoms. The van der Waals surface area contributed by atoms with Crippen LogP contribution in [0.15, 0.2) is 24.3 Å². The topological polar surface area (TPSA) is 56.9 Å². The van der Waals surface area contributed by atoms with Gasteiger partial charge in [-0.05, 0) is 19.1 Å². The molecule has 1 aromatic carbocycles. The van der Waals surface area contributed by atoms with Crippen molar-refractivity contribution in [2.24, 2.45) is 0 Å². The maximum atomic E-state index is 7.35. The summed E-state index contributed by atoms with van der Waals surface area (Å²) in [5, 5.41) is 14.0. The van der Waals surface area contributed by atoms with Crippen molar-refractivity contribution in [2.75, 3.05) is 0 Å². The minimum absolute atomic E-state index is 0.00806. The van der Waals surface area contributed by atoms with Crippen LogP contribution in [0.4, 0.5) is 0 Å². The van der Waals surface area contributed by atoms with Gasteiger partial charge in [0.2, 0.25) is 5.90 Å². The fraction of sp³-hybridized carbons (Fsp3) is 0.111.